The Labute approximate surface area is 168 Å². The highest BCUT2D eigenvalue weighted by Crippen LogP contribution is 2.53. The lowest BCUT2D eigenvalue weighted by Gasteiger charge is -2.46. The van der Waals surface area contributed by atoms with E-state index in [4.69, 9.17) is 9.47 Å². The predicted molar refractivity (Wildman–Crippen MR) is 106 cm³/mol. The van der Waals surface area contributed by atoms with Crippen LogP contribution in [0.25, 0.3) is 0 Å². The number of rotatable bonds is 3. The van der Waals surface area contributed by atoms with Crippen LogP contribution in [0.1, 0.15) is 46.5 Å². The number of allylic oxidation sites excluding steroid dienone is 1. The molecular formula is C22H34N2O4. The molecule has 28 heavy (non-hydrogen) atoms. The molecule has 2 aliphatic heterocycles. The summed E-state index contributed by atoms with van der Waals surface area (Å²) in [7, 11) is 0. The van der Waals surface area contributed by atoms with Gasteiger partial charge in [0, 0.05) is 38.6 Å². The first kappa shape index (κ1) is 19.7. The lowest BCUT2D eigenvalue weighted by molar-refractivity contribution is -0.145. The van der Waals surface area contributed by atoms with E-state index < -0.39 is 0 Å². The van der Waals surface area contributed by atoms with Crippen LogP contribution in [0.4, 0.5) is 4.79 Å². The highest BCUT2D eigenvalue weighted by atomic mass is 16.6. The molecule has 0 radical (unpaired) electrons. The van der Waals surface area contributed by atoms with E-state index in [-0.39, 0.29) is 35.4 Å². The van der Waals surface area contributed by atoms with Crippen molar-refractivity contribution in [3.63, 3.8) is 0 Å². The summed E-state index contributed by atoms with van der Waals surface area (Å²) in [5, 5.41) is 0. The molecule has 0 N–H and O–H groups in total. The van der Waals surface area contributed by atoms with E-state index in [1.807, 2.05) is 6.92 Å². The van der Waals surface area contributed by atoms with Crippen molar-refractivity contribution in [2.24, 2.45) is 23.2 Å². The van der Waals surface area contributed by atoms with Crippen molar-refractivity contribution in [2.45, 2.75) is 52.6 Å². The summed E-state index contributed by atoms with van der Waals surface area (Å²) in [6.07, 6.45) is 6.95. The van der Waals surface area contributed by atoms with Crippen molar-refractivity contribution in [1.29, 1.82) is 0 Å². The van der Waals surface area contributed by atoms with Crippen LogP contribution >= 0.6 is 0 Å². The van der Waals surface area contributed by atoms with E-state index in [0.717, 1.165) is 26.1 Å². The van der Waals surface area contributed by atoms with E-state index in [0.29, 0.717) is 25.6 Å². The van der Waals surface area contributed by atoms with Crippen LogP contribution in [0.15, 0.2) is 11.6 Å². The molecule has 0 unspecified atom stereocenters. The summed E-state index contributed by atoms with van der Waals surface area (Å²) in [6.45, 7) is 10.5. The second kappa shape index (κ2) is 7.69. The quantitative estimate of drug-likeness (QED) is 0.547. The normalized spacial score (nSPS) is 38.3. The van der Waals surface area contributed by atoms with Crippen LogP contribution in [0.3, 0.4) is 0 Å². The molecule has 2 saturated heterocycles. The van der Waals surface area contributed by atoms with Gasteiger partial charge in [0.05, 0.1) is 12.5 Å². The molecule has 6 nitrogen and oxygen atoms in total. The highest BCUT2D eigenvalue weighted by molar-refractivity contribution is 5.76. The Balaban J connectivity index is 1.42. The fourth-order valence-electron chi connectivity index (χ4n) is 5.86. The van der Waals surface area contributed by atoms with Crippen molar-refractivity contribution in [3.05, 3.63) is 11.6 Å². The van der Waals surface area contributed by atoms with E-state index in [1.54, 1.807) is 10.5 Å². The van der Waals surface area contributed by atoms with Gasteiger partial charge in [-0.1, -0.05) is 31.9 Å². The molecule has 0 aromatic rings. The van der Waals surface area contributed by atoms with Gasteiger partial charge < -0.3 is 14.4 Å². The molecule has 1 amide bonds. The summed E-state index contributed by atoms with van der Waals surface area (Å²) in [5.41, 5.74) is 1.77. The molecular weight excluding hydrogens is 356 g/mol. The molecule has 3 fully saturated rings. The minimum absolute atomic E-state index is 0.0328. The Kier molecular flexibility index (Phi) is 5.43. The van der Waals surface area contributed by atoms with Crippen LogP contribution in [0.5, 0.6) is 0 Å². The van der Waals surface area contributed by atoms with Crippen LogP contribution in [-0.4, -0.2) is 67.3 Å². The number of fused-ring (bicyclic) bond motifs is 2. The molecule has 0 spiro atoms. The smallest absolute Gasteiger partial charge is 0.409 e. The van der Waals surface area contributed by atoms with Crippen molar-refractivity contribution in [1.82, 2.24) is 9.80 Å². The first-order valence-electron chi connectivity index (χ1n) is 11.0. The SMILES string of the molecule is CCOC(=O)N1CCN(C[C@@H]2C(=O)O[C@H]3C[C@]4(C)CCC[C@H](C)C4=C[C@H]32)CC1. The van der Waals surface area contributed by atoms with Crippen LogP contribution < -0.4 is 0 Å². The predicted octanol–water partition coefficient (Wildman–Crippen LogP) is 3.07. The number of amides is 1. The number of hydrogen-bond acceptors (Lipinski definition) is 5. The number of ether oxygens (including phenoxy) is 2. The molecule has 1 saturated carbocycles. The molecule has 4 rings (SSSR count). The maximum absolute atomic E-state index is 12.7. The number of nitrogens with zero attached hydrogens (tertiary/aromatic N) is 2. The summed E-state index contributed by atoms with van der Waals surface area (Å²) in [4.78, 5) is 28.7. The topological polar surface area (TPSA) is 59.1 Å². The molecule has 0 aromatic carbocycles. The van der Waals surface area contributed by atoms with E-state index in [2.05, 4.69) is 24.8 Å². The Hall–Kier alpha value is -1.56. The van der Waals surface area contributed by atoms with E-state index in [9.17, 15) is 9.59 Å². The number of carbonyl (C=O) groups excluding carboxylic acids is 2. The third-order valence-electron chi connectivity index (χ3n) is 7.43. The molecule has 2 aliphatic carbocycles. The monoisotopic (exact) mass is 390 g/mol. The van der Waals surface area contributed by atoms with Gasteiger partial charge in [-0.2, -0.15) is 0 Å². The van der Waals surface area contributed by atoms with Gasteiger partial charge in [-0.05, 0) is 37.5 Å². The van der Waals surface area contributed by atoms with Crippen molar-refractivity contribution < 1.29 is 19.1 Å². The Bertz CT molecular complexity index is 655. The van der Waals surface area contributed by atoms with Gasteiger partial charge in [-0.3, -0.25) is 9.69 Å². The fourth-order valence-corrected chi connectivity index (χ4v) is 5.86. The van der Waals surface area contributed by atoms with E-state index >= 15 is 0 Å². The third kappa shape index (κ3) is 3.56. The van der Waals surface area contributed by atoms with Gasteiger partial charge in [0.1, 0.15) is 6.10 Å². The maximum Gasteiger partial charge on any atom is 0.409 e. The first-order chi connectivity index (χ1) is 13.4. The molecule has 156 valence electrons. The lowest BCUT2D eigenvalue weighted by Crippen LogP contribution is -2.50. The minimum atomic E-state index is -0.231. The zero-order chi connectivity index (χ0) is 19.9. The number of carbonyl (C=O) groups is 2. The van der Waals surface area contributed by atoms with Crippen LogP contribution in [0, 0.1) is 23.2 Å². The summed E-state index contributed by atoms with van der Waals surface area (Å²) < 4.78 is 11.0. The first-order valence-corrected chi connectivity index (χ1v) is 11.0. The average molecular weight is 391 g/mol. The second-order valence-electron chi connectivity index (χ2n) is 9.33. The van der Waals surface area contributed by atoms with Gasteiger partial charge >= 0.3 is 12.1 Å². The molecule has 6 heteroatoms. The minimum Gasteiger partial charge on any atom is -0.461 e. The number of piperazine rings is 1. The van der Waals surface area contributed by atoms with Gasteiger partial charge in [-0.15, -0.1) is 0 Å². The summed E-state index contributed by atoms with van der Waals surface area (Å²) in [5.74, 6) is 0.711. The highest BCUT2D eigenvalue weighted by Gasteiger charge is 2.52. The Morgan fingerprint density at radius 1 is 1.32 bits per heavy atom. The van der Waals surface area contributed by atoms with Crippen molar-refractivity contribution in [2.75, 3.05) is 39.3 Å². The lowest BCUT2D eigenvalue weighted by atomic mass is 9.59. The number of hydrogen-bond donors (Lipinski definition) is 0. The largest absolute Gasteiger partial charge is 0.461 e. The number of esters is 1. The molecule has 0 aromatic heterocycles. The molecule has 5 atom stereocenters. The van der Waals surface area contributed by atoms with E-state index in [1.165, 1.54) is 19.3 Å². The Morgan fingerprint density at radius 3 is 2.79 bits per heavy atom. The summed E-state index contributed by atoms with van der Waals surface area (Å²) >= 11 is 0. The van der Waals surface area contributed by atoms with Crippen LogP contribution in [0.2, 0.25) is 0 Å². The third-order valence-corrected chi connectivity index (χ3v) is 7.43. The molecule has 0 bridgehead atoms. The fraction of sp³-hybridized carbons (Fsp3) is 0.818. The van der Waals surface area contributed by atoms with Gasteiger partial charge in [0.2, 0.25) is 0 Å². The zero-order valence-corrected chi connectivity index (χ0v) is 17.5. The van der Waals surface area contributed by atoms with Crippen molar-refractivity contribution >= 4 is 12.1 Å². The Morgan fingerprint density at radius 2 is 2.07 bits per heavy atom. The average Bonchev–Trinajstić information content (AvgIpc) is 2.95. The zero-order valence-electron chi connectivity index (χ0n) is 17.5. The molecule has 2 heterocycles. The summed E-state index contributed by atoms with van der Waals surface area (Å²) in [6, 6.07) is 0. The standard InChI is InChI=1S/C22H34N2O4/c1-4-27-21(26)24-10-8-23(9-11-24)14-17-16-12-18-15(2)6-5-7-22(18,3)13-19(16)28-20(17)25/h12,15-17,19H,4-11,13-14H2,1-3H3/t15-,16-,17-,19-,22-/m0/s1. The van der Waals surface area contributed by atoms with Gasteiger partial charge in [-0.25, -0.2) is 4.79 Å². The maximum atomic E-state index is 12.7. The second-order valence-corrected chi connectivity index (χ2v) is 9.33. The van der Waals surface area contributed by atoms with Gasteiger partial charge in [0.15, 0.2) is 0 Å². The van der Waals surface area contributed by atoms with Gasteiger partial charge in [0.25, 0.3) is 0 Å². The van der Waals surface area contributed by atoms with Crippen LogP contribution in [-0.2, 0) is 14.3 Å². The molecule has 4 aliphatic rings. The van der Waals surface area contributed by atoms with Crippen molar-refractivity contribution in [3.8, 4) is 0 Å².